The van der Waals surface area contributed by atoms with E-state index in [9.17, 15) is 0 Å². The van der Waals surface area contributed by atoms with Crippen molar-refractivity contribution < 1.29 is 0 Å². The maximum Gasteiger partial charge on any atom is 0.0663 e. The molecule has 0 aliphatic carbocycles. The van der Waals surface area contributed by atoms with Gasteiger partial charge in [0.15, 0.2) is 0 Å². The van der Waals surface area contributed by atoms with Gasteiger partial charge in [0.05, 0.1) is 12.5 Å². The Morgan fingerprint density at radius 1 is 1.44 bits per heavy atom. The van der Waals surface area contributed by atoms with E-state index in [4.69, 9.17) is 5.26 Å². The second-order valence-corrected chi connectivity index (χ2v) is 1.74. The zero-order valence-corrected chi connectivity index (χ0v) is 6.89. The van der Waals surface area contributed by atoms with Gasteiger partial charge in [-0.1, -0.05) is 28.1 Å². The van der Waals surface area contributed by atoms with Crippen LogP contribution in [0.25, 0.3) is 0 Å². The van der Waals surface area contributed by atoms with Crippen molar-refractivity contribution in [1.29, 1.82) is 5.26 Å². The Morgan fingerprint density at radius 2 is 1.89 bits per heavy atom. The molecule has 0 saturated carbocycles. The van der Waals surface area contributed by atoms with Crippen LogP contribution >= 0.6 is 15.9 Å². The number of nitrogens with zero attached hydrogens (tertiary/aromatic N) is 1. The van der Waals surface area contributed by atoms with E-state index >= 15 is 0 Å². The van der Waals surface area contributed by atoms with E-state index in [1.165, 1.54) is 0 Å². The summed E-state index contributed by atoms with van der Waals surface area (Å²) >= 11 is 3.13. The first-order valence-corrected chi connectivity index (χ1v) is 3.60. The first-order chi connectivity index (χ1) is 4.33. The van der Waals surface area contributed by atoms with Gasteiger partial charge in [-0.15, -0.1) is 13.2 Å². The predicted molar refractivity (Wildman–Crippen MR) is 44.4 cm³/mol. The molecule has 9 heavy (non-hydrogen) atoms. The molecule has 0 aromatic carbocycles. The van der Waals surface area contributed by atoms with Crippen LogP contribution in [0, 0.1) is 11.3 Å². The molecular formula is C7H10BrN. The summed E-state index contributed by atoms with van der Waals surface area (Å²) in [7, 11) is 0. The monoisotopic (exact) mass is 187 g/mol. The van der Waals surface area contributed by atoms with Gasteiger partial charge in [-0.3, -0.25) is 0 Å². The molecule has 0 amide bonds. The summed E-state index contributed by atoms with van der Waals surface area (Å²) in [6.45, 7) is 6.76. The summed E-state index contributed by atoms with van der Waals surface area (Å²) in [6.07, 6.45) is 3.82. The van der Waals surface area contributed by atoms with E-state index in [1.54, 1.807) is 12.2 Å². The van der Waals surface area contributed by atoms with Crippen molar-refractivity contribution in [2.24, 2.45) is 0 Å². The highest BCUT2D eigenvalue weighted by Gasteiger charge is 1.56. The smallest absolute Gasteiger partial charge is 0.0663 e. The zero-order chi connectivity index (χ0) is 7.54. The van der Waals surface area contributed by atoms with E-state index in [1.807, 2.05) is 6.07 Å². The lowest BCUT2D eigenvalue weighted by Crippen LogP contribution is -1.45. The Hall–Kier alpha value is -0.550. The minimum absolute atomic E-state index is 0.458. The molecule has 0 aromatic heterocycles. The molecule has 0 spiro atoms. The van der Waals surface area contributed by atoms with Crippen molar-refractivity contribution in [2.75, 3.05) is 5.33 Å². The molecule has 0 radical (unpaired) electrons. The van der Waals surface area contributed by atoms with E-state index in [0.29, 0.717) is 6.42 Å². The Kier molecular flexibility index (Phi) is 19.6. The number of allylic oxidation sites excluding steroid dienone is 2. The lowest BCUT2D eigenvalue weighted by molar-refractivity contribution is 1.36. The van der Waals surface area contributed by atoms with Crippen molar-refractivity contribution in [1.82, 2.24) is 0 Å². The third kappa shape index (κ3) is 36.9. The Morgan fingerprint density at radius 3 is 1.89 bits per heavy atom. The molecule has 0 N–H and O–H groups in total. The SMILES string of the molecule is C=CCBr.C=CCC#N. The van der Waals surface area contributed by atoms with Gasteiger partial charge in [0.25, 0.3) is 0 Å². The number of rotatable bonds is 2. The molecule has 0 bridgehead atoms. The normalized spacial score (nSPS) is 5.78. The summed E-state index contributed by atoms with van der Waals surface area (Å²) in [4.78, 5) is 0. The molecule has 0 aliphatic rings. The van der Waals surface area contributed by atoms with Crippen molar-refractivity contribution in [2.45, 2.75) is 6.42 Å². The van der Waals surface area contributed by atoms with Crippen LogP contribution in [0.3, 0.4) is 0 Å². The van der Waals surface area contributed by atoms with Crippen LogP contribution in [0.4, 0.5) is 0 Å². The number of halogens is 1. The molecule has 0 unspecified atom stereocenters. The molecule has 0 fully saturated rings. The molecular weight excluding hydrogens is 178 g/mol. The number of hydrogen-bond donors (Lipinski definition) is 0. The highest BCUT2D eigenvalue weighted by molar-refractivity contribution is 9.09. The second kappa shape index (κ2) is 15.7. The van der Waals surface area contributed by atoms with Crippen LogP contribution in [0.1, 0.15) is 6.42 Å². The highest BCUT2D eigenvalue weighted by atomic mass is 79.9. The van der Waals surface area contributed by atoms with Crippen molar-refractivity contribution >= 4 is 15.9 Å². The maximum absolute atomic E-state index is 7.74. The number of alkyl halides is 1. The van der Waals surface area contributed by atoms with Gasteiger partial charge in [-0.25, -0.2) is 0 Å². The lowest BCUT2D eigenvalue weighted by atomic mass is 10.5. The average molecular weight is 188 g/mol. The average Bonchev–Trinajstić information content (AvgIpc) is 1.91. The molecule has 0 rings (SSSR count). The van der Waals surface area contributed by atoms with E-state index < -0.39 is 0 Å². The summed E-state index contributed by atoms with van der Waals surface area (Å²) in [5.74, 6) is 0. The largest absolute Gasteiger partial charge is 0.198 e. The van der Waals surface area contributed by atoms with E-state index in [0.717, 1.165) is 5.33 Å². The Balaban J connectivity index is 0. The predicted octanol–water partition coefficient (Wildman–Crippen LogP) is 2.65. The van der Waals surface area contributed by atoms with Crippen molar-refractivity contribution in [3.63, 3.8) is 0 Å². The third-order valence-electron chi connectivity index (χ3n) is 0.345. The van der Waals surface area contributed by atoms with Gasteiger partial charge in [0.2, 0.25) is 0 Å². The van der Waals surface area contributed by atoms with E-state index in [-0.39, 0.29) is 0 Å². The summed E-state index contributed by atoms with van der Waals surface area (Å²) < 4.78 is 0. The molecule has 50 valence electrons. The van der Waals surface area contributed by atoms with Gasteiger partial charge in [0.1, 0.15) is 0 Å². The summed E-state index contributed by atoms with van der Waals surface area (Å²) in [6, 6.07) is 1.90. The molecule has 0 saturated heterocycles. The van der Waals surface area contributed by atoms with Crippen molar-refractivity contribution in [3.8, 4) is 6.07 Å². The molecule has 0 aliphatic heterocycles. The molecule has 2 heteroatoms. The minimum atomic E-state index is 0.458. The fraction of sp³-hybridized carbons (Fsp3) is 0.286. The molecule has 1 nitrogen and oxygen atoms in total. The quantitative estimate of drug-likeness (QED) is 0.482. The van der Waals surface area contributed by atoms with Crippen LogP contribution in [0.2, 0.25) is 0 Å². The zero-order valence-electron chi connectivity index (χ0n) is 5.31. The lowest BCUT2D eigenvalue weighted by Gasteiger charge is -1.55. The summed E-state index contributed by atoms with van der Waals surface area (Å²) in [5, 5.41) is 8.64. The molecule has 0 atom stereocenters. The van der Waals surface area contributed by atoms with Crippen LogP contribution in [0.5, 0.6) is 0 Å². The number of nitriles is 1. The fourth-order valence-corrected chi connectivity index (χ4v) is 0.0645. The third-order valence-corrected chi connectivity index (χ3v) is 0.803. The molecule has 0 heterocycles. The highest BCUT2D eigenvalue weighted by Crippen LogP contribution is 1.73. The van der Waals surface area contributed by atoms with E-state index in [2.05, 4.69) is 29.1 Å². The van der Waals surface area contributed by atoms with Gasteiger partial charge in [-0.05, 0) is 0 Å². The van der Waals surface area contributed by atoms with Gasteiger partial charge in [0, 0.05) is 5.33 Å². The van der Waals surface area contributed by atoms with Crippen LogP contribution in [0.15, 0.2) is 25.3 Å². The van der Waals surface area contributed by atoms with Crippen molar-refractivity contribution in [3.05, 3.63) is 25.3 Å². The van der Waals surface area contributed by atoms with Crippen LogP contribution < -0.4 is 0 Å². The van der Waals surface area contributed by atoms with Crippen LogP contribution in [-0.2, 0) is 0 Å². The van der Waals surface area contributed by atoms with Gasteiger partial charge >= 0.3 is 0 Å². The topological polar surface area (TPSA) is 23.8 Å². The minimum Gasteiger partial charge on any atom is -0.198 e. The van der Waals surface area contributed by atoms with Gasteiger partial charge in [-0.2, -0.15) is 5.26 Å². The first-order valence-electron chi connectivity index (χ1n) is 2.48. The maximum atomic E-state index is 7.74. The fourth-order valence-electron chi connectivity index (χ4n) is 0.0645. The first kappa shape index (κ1) is 11.3. The number of hydrogen-bond acceptors (Lipinski definition) is 1. The Labute approximate surface area is 64.8 Å². The molecule has 0 aromatic rings. The standard InChI is InChI=1S/C4H5N.C3H5Br/c1-2-3-4-5;1-2-3-4/h2H,1,3H2;2H,1,3H2. The Bertz CT molecular complexity index is 102. The second-order valence-electron chi connectivity index (χ2n) is 1.09. The van der Waals surface area contributed by atoms with Crippen LogP contribution in [-0.4, -0.2) is 5.33 Å². The van der Waals surface area contributed by atoms with Gasteiger partial charge < -0.3 is 0 Å². The summed E-state index contributed by atoms with van der Waals surface area (Å²) in [5.41, 5.74) is 0.